The lowest BCUT2D eigenvalue weighted by Gasteiger charge is -2.26. The number of likely N-dealkylation sites (N-methyl/N-ethyl adjacent to an activating group) is 1. The Hall–Kier alpha value is -4.31. The Morgan fingerprint density at radius 2 is 0.588 bits per heavy atom. The third kappa shape index (κ3) is 78.9. The van der Waals surface area contributed by atoms with Gasteiger partial charge >= 0.3 is 11.9 Å². The second kappa shape index (κ2) is 77.4. The van der Waals surface area contributed by atoms with Crippen LogP contribution in [0.2, 0.25) is 0 Å². The molecule has 0 aromatic carbocycles. The van der Waals surface area contributed by atoms with E-state index in [1.54, 1.807) is 0 Å². The average molecular weight is 1350 g/mol. The minimum Gasteiger partial charge on any atom is -0.545 e. The summed E-state index contributed by atoms with van der Waals surface area (Å²) >= 11 is 0. The fourth-order valence-corrected chi connectivity index (χ4v) is 11.5. The van der Waals surface area contributed by atoms with Crippen LogP contribution in [0.4, 0.5) is 0 Å². The molecule has 0 radical (unpaired) electrons. The topological polar surface area (TPSA) is 111 Å². The second-order valence-electron chi connectivity index (χ2n) is 28.3. The summed E-state index contributed by atoms with van der Waals surface area (Å²) < 4.78 is 22.9. The van der Waals surface area contributed by atoms with Gasteiger partial charge in [-0.15, -0.1) is 0 Å². The first-order chi connectivity index (χ1) is 47.6. The van der Waals surface area contributed by atoms with Crippen LogP contribution in [-0.2, 0) is 33.3 Å². The lowest BCUT2D eigenvalue weighted by molar-refractivity contribution is -0.870. The van der Waals surface area contributed by atoms with Crippen molar-refractivity contribution < 1.29 is 42.9 Å². The first kappa shape index (κ1) is 92.7. The van der Waals surface area contributed by atoms with Gasteiger partial charge in [-0.25, -0.2) is 0 Å². The summed E-state index contributed by atoms with van der Waals surface area (Å²) in [7, 11) is 5.94. The van der Waals surface area contributed by atoms with E-state index >= 15 is 0 Å². The molecule has 0 spiro atoms. The van der Waals surface area contributed by atoms with Gasteiger partial charge in [-0.1, -0.05) is 360 Å². The van der Waals surface area contributed by atoms with Gasteiger partial charge in [0, 0.05) is 12.8 Å². The normalized spacial score (nSPS) is 13.3. The molecule has 0 aliphatic rings. The van der Waals surface area contributed by atoms with Crippen LogP contribution >= 0.6 is 0 Å². The molecule has 2 atom stereocenters. The van der Waals surface area contributed by atoms with Crippen LogP contribution in [0.25, 0.3) is 0 Å². The Morgan fingerprint density at radius 3 is 0.876 bits per heavy atom. The minimum atomic E-state index is -1.63. The number of carboxylic acid groups (broad SMARTS) is 1. The van der Waals surface area contributed by atoms with E-state index in [0.717, 1.165) is 103 Å². The zero-order chi connectivity index (χ0) is 70.4. The number of hydrogen-bond acceptors (Lipinski definition) is 8. The summed E-state index contributed by atoms with van der Waals surface area (Å²) in [6.45, 7) is 4.65. The van der Waals surface area contributed by atoms with Crippen LogP contribution in [-0.4, -0.2) is 82.3 Å². The van der Waals surface area contributed by atoms with E-state index in [9.17, 15) is 19.5 Å². The number of aliphatic carboxylic acids is 1. The molecule has 0 saturated carbocycles. The number of allylic oxidation sites excluding steroid dienone is 20. The molecule has 0 rings (SSSR count). The van der Waals surface area contributed by atoms with Crippen molar-refractivity contribution in [2.75, 3.05) is 47.5 Å². The predicted octanol–water partition coefficient (Wildman–Crippen LogP) is 24.9. The van der Waals surface area contributed by atoms with E-state index in [0.29, 0.717) is 23.9 Å². The van der Waals surface area contributed by atoms with Crippen molar-refractivity contribution in [2.24, 2.45) is 0 Å². The van der Waals surface area contributed by atoms with Crippen LogP contribution in [0, 0.1) is 0 Å². The lowest BCUT2D eigenvalue weighted by atomic mass is 10.0. The third-order valence-electron chi connectivity index (χ3n) is 17.7. The number of carbonyl (C=O) groups excluding carboxylic acids is 3. The van der Waals surface area contributed by atoms with Crippen molar-refractivity contribution in [3.8, 4) is 0 Å². The fourth-order valence-electron chi connectivity index (χ4n) is 11.5. The highest BCUT2D eigenvalue weighted by atomic mass is 16.7. The molecule has 558 valence electrons. The van der Waals surface area contributed by atoms with Gasteiger partial charge in [0.2, 0.25) is 0 Å². The molecular formula is C88H153NO8. The van der Waals surface area contributed by atoms with Gasteiger partial charge in [-0.05, 0) is 109 Å². The molecule has 9 heteroatoms. The quantitative estimate of drug-likeness (QED) is 0.0195. The summed E-state index contributed by atoms with van der Waals surface area (Å²) in [5.74, 6) is -2.28. The number of nitrogens with zero attached hydrogens (tertiary/aromatic N) is 1. The number of unbranched alkanes of at least 4 members (excludes halogenated alkanes) is 40. The lowest BCUT2D eigenvalue weighted by Crippen LogP contribution is -2.44. The van der Waals surface area contributed by atoms with Gasteiger partial charge in [0.1, 0.15) is 13.2 Å². The van der Waals surface area contributed by atoms with Gasteiger partial charge < -0.3 is 33.3 Å². The molecule has 0 bridgehead atoms. The van der Waals surface area contributed by atoms with Crippen molar-refractivity contribution in [3.05, 3.63) is 122 Å². The van der Waals surface area contributed by atoms with Crippen LogP contribution in [0.15, 0.2) is 122 Å². The molecule has 0 aliphatic heterocycles. The Bertz CT molecular complexity index is 2020. The van der Waals surface area contributed by atoms with Crippen molar-refractivity contribution in [1.82, 2.24) is 0 Å². The molecular weight excluding hydrogens is 1200 g/mol. The summed E-state index contributed by atoms with van der Waals surface area (Å²) in [5, 5.41) is 11.9. The number of carboxylic acids is 1. The van der Waals surface area contributed by atoms with Crippen LogP contribution in [0.3, 0.4) is 0 Å². The summed E-state index contributed by atoms with van der Waals surface area (Å²) in [6, 6.07) is 0. The number of ether oxygens (including phenoxy) is 4. The molecule has 0 N–H and O–H groups in total. The van der Waals surface area contributed by atoms with Gasteiger partial charge in [0.05, 0.1) is 40.3 Å². The van der Waals surface area contributed by atoms with E-state index in [1.165, 1.54) is 225 Å². The number of esters is 2. The van der Waals surface area contributed by atoms with E-state index in [4.69, 9.17) is 18.9 Å². The highest BCUT2D eigenvalue weighted by Gasteiger charge is 2.22. The second-order valence-corrected chi connectivity index (χ2v) is 28.3. The van der Waals surface area contributed by atoms with Gasteiger partial charge in [-0.3, -0.25) is 9.59 Å². The molecule has 0 aromatic heterocycles. The Balaban J connectivity index is 4.04. The van der Waals surface area contributed by atoms with Crippen LogP contribution in [0.5, 0.6) is 0 Å². The molecule has 0 amide bonds. The largest absolute Gasteiger partial charge is 0.545 e. The van der Waals surface area contributed by atoms with Gasteiger partial charge in [0.25, 0.3) is 0 Å². The molecule has 0 fully saturated rings. The molecule has 9 nitrogen and oxygen atoms in total. The van der Waals surface area contributed by atoms with Crippen LogP contribution < -0.4 is 5.11 Å². The number of carbonyl (C=O) groups is 3. The number of hydrogen-bond donors (Lipinski definition) is 0. The minimum absolute atomic E-state index is 0.143. The van der Waals surface area contributed by atoms with E-state index < -0.39 is 24.3 Å². The van der Waals surface area contributed by atoms with E-state index in [-0.39, 0.29) is 32.2 Å². The molecule has 0 heterocycles. The van der Waals surface area contributed by atoms with E-state index in [1.807, 2.05) is 21.1 Å². The number of quaternary nitrogens is 1. The molecule has 0 aliphatic carbocycles. The fraction of sp³-hybridized carbons (Fsp3) is 0.739. The average Bonchev–Trinajstić information content (AvgIpc) is 3.74. The highest BCUT2D eigenvalue weighted by molar-refractivity contribution is 5.70. The van der Waals surface area contributed by atoms with Crippen molar-refractivity contribution in [2.45, 2.75) is 373 Å². The van der Waals surface area contributed by atoms with Gasteiger partial charge in [0.15, 0.2) is 12.4 Å². The molecule has 2 unspecified atom stereocenters. The third-order valence-corrected chi connectivity index (χ3v) is 17.7. The van der Waals surface area contributed by atoms with Crippen molar-refractivity contribution in [1.29, 1.82) is 0 Å². The zero-order valence-corrected chi connectivity index (χ0v) is 63.9. The Morgan fingerprint density at radius 1 is 0.320 bits per heavy atom. The van der Waals surface area contributed by atoms with Crippen molar-refractivity contribution >= 4 is 17.9 Å². The maximum atomic E-state index is 13.0. The van der Waals surface area contributed by atoms with E-state index in [2.05, 4.69) is 135 Å². The monoisotopic (exact) mass is 1350 g/mol. The standard InChI is InChI=1S/C88H153NO8/c1-6-8-10-12-14-16-18-20-22-24-26-28-30-32-34-36-38-40-42-43-45-46-48-50-52-54-56-58-60-62-64-66-68-70-72-74-76-78-85(90)95-82-84(83-96-88(87(92)93)94-81-80-89(3,4)5)97-86(91)79-77-75-73-71-69-67-65-63-61-59-57-55-53-51-49-47-44-41-39-37-35-33-31-29-27-25-23-21-19-17-15-13-11-9-7-2/h9,11,15,17-18,20-21,23-24,26-27,29,33,35,39,41,47,49,53,55,84,88H,6-8,10,12-14,16,19,22,25,28,30-32,34,36-38,40,42-46,48,50-52,54,56-83H2,1-5H3/b11-9-,17-15-,20-18-,23-21-,26-24-,29-27-,35-33-,41-39-,49-47-,55-53-. The van der Waals surface area contributed by atoms with Crippen molar-refractivity contribution in [3.63, 3.8) is 0 Å². The zero-order valence-electron chi connectivity index (χ0n) is 63.9. The Labute approximate surface area is 599 Å². The molecule has 0 aromatic rings. The summed E-state index contributed by atoms with van der Waals surface area (Å²) in [4.78, 5) is 37.6. The maximum Gasteiger partial charge on any atom is 0.306 e. The highest BCUT2D eigenvalue weighted by Crippen LogP contribution is 2.19. The summed E-state index contributed by atoms with van der Waals surface area (Å²) in [6.07, 6.45) is 107. The predicted molar refractivity (Wildman–Crippen MR) is 417 cm³/mol. The first-order valence-corrected chi connectivity index (χ1v) is 40.7. The number of rotatable bonds is 75. The maximum absolute atomic E-state index is 13.0. The molecule has 97 heavy (non-hydrogen) atoms. The van der Waals surface area contributed by atoms with Gasteiger partial charge in [-0.2, -0.15) is 0 Å². The summed E-state index contributed by atoms with van der Waals surface area (Å²) in [5.41, 5.74) is 0. The smallest absolute Gasteiger partial charge is 0.306 e. The molecule has 0 saturated heterocycles. The van der Waals surface area contributed by atoms with Crippen LogP contribution in [0.1, 0.15) is 361 Å². The SMILES string of the molecule is CC/C=C\C/C=C\C/C=C\C/C=C\C/C=C\C/C=C\C/C=C\C/C=C\CCCCCCCCCCCCC(=O)OC(COC(=O)CCCCCCCCCCCCCCCCCCCCCCCCCCC/C=C\C/C=C\CCCCCCC)COC(OCC[N+](C)(C)C)C(=O)[O-]. The Kier molecular flexibility index (Phi) is 74.0. The first-order valence-electron chi connectivity index (χ1n) is 40.7.